The van der Waals surface area contributed by atoms with Gasteiger partial charge in [0.15, 0.2) is 0 Å². The SMILES string of the molecule is CC1=CCCC(c2cccc(-c3ccccc3)c2)C=C1. The van der Waals surface area contributed by atoms with Gasteiger partial charge in [0.2, 0.25) is 0 Å². The highest BCUT2D eigenvalue weighted by Gasteiger charge is 2.10. The highest BCUT2D eigenvalue weighted by Crippen LogP contribution is 2.29. The molecule has 2 aromatic carbocycles. The van der Waals surface area contributed by atoms with E-state index in [0.29, 0.717) is 5.92 Å². The van der Waals surface area contributed by atoms with E-state index >= 15 is 0 Å². The quantitative estimate of drug-likeness (QED) is 0.646. The molecule has 2 aromatic rings. The normalized spacial score (nSPS) is 18.4. The van der Waals surface area contributed by atoms with E-state index in [0.717, 1.165) is 0 Å². The molecule has 20 heavy (non-hydrogen) atoms. The van der Waals surface area contributed by atoms with E-state index in [-0.39, 0.29) is 0 Å². The Labute approximate surface area is 121 Å². The molecular weight excluding hydrogens is 240 g/mol. The molecule has 100 valence electrons. The van der Waals surface area contributed by atoms with E-state index in [4.69, 9.17) is 0 Å². The van der Waals surface area contributed by atoms with Crippen LogP contribution in [0, 0.1) is 0 Å². The Balaban J connectivity index is 1.90. The molecule has 0 heterocycles. The predicted molar refractivity (Wildman–Crippen MR) is 86.8 cm³/mol. The van der Waals surface area contributed by atoms with Crippen molar-refractivity contribution < 1.29 is 0 Å². The minimum atomic E-state index is 0.535. The van der Waals surface area contributed by atoms with Crippen LogP contribution in [0.5, 0.6) is 0 Å². The average Bonchev–Trinajstić information content (AvgIpc) is 2.73. The second-order valence-corrected chi connectivity index (χ2v) is 5.48. The molecule has 0 heteroatoms. The van der Waals surface area contributed by atoms with Crippen molar-refractivity contribution in [3.05, 3.63) is 84.0 Å². The molecule has 1 aliphatic carbocycles. The fraction of sp³-hybridized carbons (Fsp3) is 0.200. The van der Waals surface area contributed by atoms with E-state index in [2.05, 4.69) is 79.7 Å². The van der Waals surface area contributed by atoms with E-state index in [1.54, 1.807) is 0 Å². The van der Waals surface area contributed by atoms with Gasteiger partial charge < -0.3 is 0 Å². The van der Waals surface area contributed by atoms with Crippen LogP contribution in [-0.2, 0) is 0 Å². The van der Waals surface area contributed by atoms with E-state index in [1.807, 2.05) is 0 Å². The van der Waals surface area contributed by atoms with Crippen molar-refractivity contribution in [1.82, 2.24) is 0 Å². The first kappa shape index (κ1) is 12.9. The monoisotopic (exact) mass is 260 g/mol. The summed E-state index contributed by atoms with van der Waals surface area (Å²) in [6.45, 7) is 2.18. The Morgan fingerprint density at radius 2 is 1.70 bits per heavy atom. The number of allylic oxidation sites excluding steroid dienone is 4. The van der Waals surface area contributed by atoms with Crippen LogP contribution in [0.2, 0.25) is 0 Å². The summed E-state index contributed by atoms with van der Waals surface area (Å²) in [6.07, 6.45) is 9.30. The third-order valence-corrected chi connectivity index (χ3v) is 3.96. The fourth-order valence-electron chi connectivity index (χ4n) is 2.78. The van der Waals surface area contributed by atoms with Gasteiger partial charge in [-0.05, 0) is 36.5 Å². The van der Waals surface area contributed by atoms with Gasteiger partial charge in [-0.2, -0.15) is 0 Å². The average molecular weight is 260 g/mol. The van der Waals surface area contributed by atoms with Crippen molar-refractivity contribution in [3.8, 4) is 11.1 Å². The van der Waals surface area contributed by atoms with Gasteiger partial charge in [-0.1, -0.05) is 78.4 Å². The maximum Gasteiger partial charge on any atom is 0.00243 e. The van der Waals surface area contributed by atoms with Crippen LogP contribution >= 0.6 is 0 Å². The van der Waals surface area contributed by atoms with E-state index in [1.165, 1.54) is 35.1 Å². The smallest absolute Gasteiger partial charge is 0.00243 e. The summed E-state index contributed by atoms with van der Waals surface area (Å²) in [5.41, 5.74) is 5.41. The summed E-state index contributed by atoms with van der Waals surface area (Å²) in [5, 5.41) is 0. The molecule has 0 N–H and O–H groups in total. The minimum Gasteiger partial charge on any atom is -0.0816 e. The summed E-state index contributed by atoms with van der Waals surface area (Å²) >= 11 is 0. The van der Waals surface area contributed by atoms with Crippen molar-refractivity contribution in [1.29, 1.82) is 0 Å². The summed E-state index contributed by atoms with van der Waals surface area (Å²) in [6, 6.07) is 19.6. The molecule has 0 aromatic heterocycles. The highest BCUT2D eigenvalue weighted by molar-refractivity contribution is 5.64. The van der Waals surface area contributed by atoms with Crippen LogP contribution in [-0.4, -0.2) is 0 Å². The molecule has 0 amide bonds. The van der Waals surface area contributed by atoms with Crippen molar-refractivity contribution in [2.24, 2.45) is 0 Å². The first-order chi connectivity index (χ1) is 9.83. The highest BCUT2D eigenvalue weighted by atomic mass is 14.1. The molecule has 0 radical (unpaired) electrons. The summed E-state index contributed by atoms with van der Waals surface area (Å²) in [5.74, 6) is 0.535. The molecule has 1 unspecified atom stereocenters. The Hall–Kier alpha value is -2.08. The summed E-state index contributed by atoms with van der Waals surface area (Å²) < 4.78 is 0. The topological polar surface area (TPSA) is 0 Å². The number of rotatable bonds is 2. The van der Waals surface area contributed by atoms with Crippen LogP contribution in [0.25, 0.3) is 11.1 Å². The van der Waals surface area contributed by atoms with Crippen molar-refractivity contribution in [2.45, 2.75) is 25.7 Å². The largest absolute Gasteiger partial charge is 0.0816 e. The maximum atomic E-state index is 2.35. The van der Waals surface area contributed by atoms with Crippen LogP contribution in [0.3, 0.4) is 0 Å². The van der Waals surface area contributed by atoms with Crippen LogP contribution in [0.1, 0.15) is 31.2 Å². The Kier molecular flexibility index (Phi) is 3.83. The van der Waals surface area contributed by atoms with Gasteiger partial charge in [-0.3, -0.25) is 0 Å². The molecular formula is C20H20. The first-order valence-electron chi connectivity index (χ1n) is 7.33. The summed E-state index contributed by atoms with van der Waals surface area (Å²) in [7, 11) is 0. The zero-order chi connectivity index (χ0) is 13.8. The Morgan fingerprint density at radius 1 is 0.900 bits per heavy atom. The molecule has 0 saturated heterocycles. The Bertz CT molecular complexity index is 632. The van der Waals surface area contributed by atoms with Crippen LogP contribution < -0.4 is 0 Å². The van der Waals surface area contributed by atoms with Gasteiger partial charge in [0.1, 0.15) is 0 Å². The van der Waals surface area contributed by atoms with Crippen molar-refractivity contribution in [2.75, 3.05) is 0 Å². The van der Waals surface area contributed by atoms with Crippen molar-refractivity contribution in [3.63, 3.8) is 0 Å². The van der Waals surface area contributed by atoms with Gasteiger partial charge in [0.05, 0.1) is 0 Å². The lowest BCUT2D eigenvalue weighted by atomic mass is 9.92. The zero-order valence-corrected chi connectivity index (χ0v) is 11.9. The molecule has 0 aliphatic heterocycles. The Morgan fingerprint density at radius 3 is 2.55 bits per heavy atom. The molecule has 0 nitrogen and oxygen atoms in total. The number of hydrogen-bond acceptors (Lipinski definition) is 0. The lowest BCUT2D eigenvalue weighted by Gasteiger charge is -2.13. The molecule has 1 aliphatic rings. The second-order valence-electron chi connectivity index (χ2n) is 5.48. The lowest BCUT2D eigenvalue weighted by molar-refractivity contribution is 0.756. The third-order valence-electron chi connectivity index (χ3n) is 3.96. The van der Waals surface area contributed by atoms with Gasteiger partial charge in [-0.25, -0.2) is 0 Å². The number of benzene rings is 2. The van der Waals surface area contributed by atoms with Crippen LogP contribution in [0.15, 0.2) is 78.4 Å². The minimum absolute atomic E-state index is 0.535. The molecule has 0 fully saturated rings. The third kappa shape index (κ3) is 2.91. The predicted octanol–water partition coefficient (Wildman–Crippen LogP) is 5.73. The summed E-state index contributed by atoms with van der Waals surface area (Å²) in [4.78, 5) is 0. The first-order valence-corrected chi connectivity index (χ1v) is 7.33. The molecule has 0 saturated carbocycles. The van der Waals surface area contributed by atoms with Gasteiger partial charge in [-0.15, -0.1) is 0 Å². The lowest BCUT2D eigenvalue weighted by Crippen LogP contribution is -1.94. The molecule has 3 rings (SSSR count). The van der Waals surface area contributed by atoms with Gasteiger partial charge in [0.25, 0.3) is 0 Å². The fourth-order valence-corrected chi connectivity index (χ4v) is 2.78. The van der Waals surface area contributed by atoms with Crippen LogP contribution in [0.4, 0.5) is 0 Å². The zero-order valence-electron chi connectivity index (χ0n) is 11.9. The van der Waals surface area contributed by atoms with E-state index in [9.17, 15) is 0 Å². The van der Waals surface area contributed by atoms with Crippen molar-refractivity contribution >= 4 is 0 Å². The molecule has 0 bridgehead atoms. The van der Waals surface area contributed by atoms with Gasteiger partial charge >= 0.3 is 0 Å². The molecule has 0 spiro atoms. The molecule has 1 atom stereocenters. The second kappa shape index (κ2) is 5.92. The maximum absolute atomic E-state index is 2.35. The van der Waals surface area contributed by atoms with Gasteiger partial charge in [0, 0.05) is 5.92 Å². The number of hydrogen-bond donors (Lipinski definition) is 0. The van der Waals surface area contributed by atoms with E-state index < -0.39 is 0 Å². The standard InChI is InChI=1S/C20H20/c1-16-7-5-10-18(14-13-16)20-12-6-11-19(15-20)17-8-3-2-4-9-17/h2-4,6-9,11-15,18H,5,10H2,1H3.